The molecule has 0 aliphatic carbocycles. The van der Waals surface area contributed by atoms with Crippen molar-refractivity contribution in [1.29, 1.82) is 0 Å². The summed E-state index contributed by atoms with van der Waals surface area (Å²) in [5.74, 6) is 0.0853. The van der Waals surface area contributed by atoms with E-state index in [4.69, 9.17) is 10.5 Å². The number of anilines is 2. The second kappa shape index (κ2) is 5.71. The standard InChI is InChI=1S/C15H23N3O3/c1-15(2,3)21-14(20)18-9-7-17(8-10-18)11-5-4-6-12(19)13(11)16/h4-6,19H,7-10,16H2,1-3H3. The number of carbonyl (C=O) groups is 1. The lowest BCUT2D eigenvalue weighted by molar-refractivity contribution is 0.0240. The number of hydrogen-bond donors (Lipinski definition) is 2. The molecule has 1 saturated heterocycles. The maximum atomic E-state index is 12.0. The maximum Gasteiger partial charge on any atom is 0.410 e. The number of para-hydroxylation sites is 1. The Labute approximate surface area is 125 Å². The minimum atomic E-state index is -0.482. The number of benzene rings is 1. The molecular formula is C15H23N3O3. The van der Waals surface area contributed by atoms with Crippen LogP contribution in [0.3, 0.4) is 0 Å². The van der Waals surface area contributed by atoms with Crippen LogP contribution < -0.4 is 10.6 Å². The summed E-state index contributed by atoms with van der Waals surface area (Å²) in [4.78, 5) is 15.8. The Morgan fingerprint density at radius 3 is 2.43 bits per heavy atom. The number of phenols is 1. The van der Waals surface area contributed by atoms with E-state index in [2.05, 4.69) is 4.90 Å². The van der Waals surface area contributed by atoms with Crippen molar-refractivity contribution < 1.29 is 14.6 Å². The largest absolute Gasteiger partial charge is 0.506 e. The summed E-state index contributed by atoms with van der Waals surface area (Å²) < 4.78 is 5.36. The van der Waals surface area contributed by atoms with Gasteiger partial charge in [0.25, 0.3) is 0 Å². The number of amides is 1. The van der Waals surface area contributed by atoms with E-state index in [0.717, 1.165) is 5.69 Å². The van der Waals surface area contributed by atoms with Gasteiger partial charge in [-0.1, -0.05) is 6.07 Å². The minimum Gasteiger partial charge on any atom is -0.506 e. The van der Waals surface area contributed by atoms with E-state index in [0.29, 0.717) is 31.9 Å². The Kier molecular flexibility index (Phi) is 4.16. The van der Waals surface area contributed by atoms with Crippen LogP contribution in [-0.2, 0) is 4.74 Å². The quantitative estimate of drug-likeness (QED) is 0.612. The average Bonchev–Trinajstić information content (AvgIpc) is 2.40. The zero-order valence-corrected chi connectivity index (χ0v) is 12.8. The molecule has 0 atom stereocenters. The molecule has 6 heteroatoms. The summed E-state index contributed by atoms with van der Waals surface area (Å²) in [6, 6.07) is 5.20. The van der Waals surface area contributed by atoms with Crippen molar-refractivity contribution in [2.75, 3.05) is 36.8 Å². The van der Waals surface area contributed by atoms with E-state index in [1.54, 1.807) is 17.0 Å². The Hall–Kier alpha value is -2.11. The number of aromatic hydroxyl groups is 1. The molecule has 2 rings (SSSR count). The van der Waals surface area contributed by atoms with E-state index < -0.39 is 5.60 Å². The van der Waals surface area contributed by atoms with Crippen LogP contribution in [0.25, 0.3) is 0 Å². The van der Waals surface area contributed by atoms with E-state index >= 15 is 0 Å². The van der Waals surface area contributed by atoms with Crippen molar-refractivity contribution in [2.45, 2.75) is 26.4 Å². The number of nitrogens with two attached hydrogens (primary N) is 1. The lowest BCUT2D eigenvalue weighted by atomic mass is 10.2. The third-order valence-electron chi connectivity index (χ3n) is 3.33. The van der Waals surface area contributed by atoms with E-state index in [9.17, 15) is 9.90 Å². The van der Waals surface area contributed by atoms with E-state index in [-0.39, 0.29) is 11.8 Å². The molecule has 1 aliphatic heterocycles. The van der Waals surface area contributed by atoms with Crippen LogP contribution in [0, 0.1) is 0 Å². The molecule has 1 fully saturated rings. The summed E-state index contributed by atoms with van der Waals surface area (Å²) in [6.45, 7) is 8.03. The first-order valence-corrected chi connectivity index (χ1v) is 7.08. The Balaban J connectivity index is 1.97. The smallest absolute Gasteiger partial charge is 0.410 e. The highest BCUT2D eigenvalue weighted by Gasteiger charge is 2.26. The van der Waals surface area contributed by atoms with Crippen molar-refractivity contribution in [3.63, 3.8) is 0 Å². The predicted octanol–water partition coefficient (Wildman–Crippen LogP) is 2.03. The molecule has 1 aromatic carbocycles. The fourth-order valence-electron chi connectivity index (χ4n) is 2.27. The fourth-order valence-corrected chi connectivity index (χ4v) is 2.27. The molecular weight excluding hydrogens is 270 g/mol. The number of hydrogen-bond acceptors (Lipinski definition) is 5. The van der Waals surface area contributed by atoms with Gasteiger partial charge < -0.3 is 25.4 Å². The molecule has 6 nitrogen and oxygen atoms in total. The highest BCUT2D eigenvalue weighted by atomic mass is 16.6. The van der Waals surface area contributed by atoms with E-state index in [1.165, 1.54) is 0 Å². The van der Waals surface area contributed by atoms with Gasteiger partial charge in [0.05, 0.1) is 11.4 Å². The zero-order chi connectivity index (χ0) is 15.6. The second-order valence-corrected chi connectivity index (χ2v) is 6.16. The van der Waals surface area contributed by atoms with Gasteiger partial charge in [0, 0.05) is 26.2 Å². The number of rotatable bonds is 1. The van der Waals surface area contributed by atoms with Crippen LogP contribution >= 0.6 is 0 Å². The summed E-state index contributed by atoms with van der Waals surface area (Å²) in [5, 5.41) is 9.66. The van der Waals surface area contributed by atoms with Crippen LogP contribution in [-0.4, -0.2) is 47.9 Å². The van der Waals surface area contributed by atoms with Crippen LogP contribution in [0.2, 0.25) is 0 Å². The predicted molar refractivity (Wildman–Crippen MR) is 82.5 cm³/mol. The average molecular weight is 293 g/mol. The van der Waals surface area contributed by atoms with Crippen LogP contribution in [0.4, 0.5) is 16.2 Å². The van der Waals surface area contributed by atoms with Gasteiger partial charge >= 0.3 is 6.09 Å². The number of nitrogens with zero attached hydrogens (tertiary/aromatic N) is 2. The highest BCUT2D eigenvalue weighted by Crippen LogP contribution is 2.31. The van der Waals surface area contributed by atoms with Gasteiger partial charge in [0.1, 0.15) is 11.4 Å². The molecule has 1 aromatic rings. The topological polar surface area (TPSA) is 79.0 Å². The number of ether oxygens (including phenoxy) is 1. The molecule has 21 heavy (non-hydrogen) atoms. The summed E-state index contributed by atoms with van der Waals surface area (Å²) in [7, 11) is 0. The van der Waals surface area contributed by atoms with Crippen molar-refractivity contribution in [3.8, 4) is 5.75 Å². The van der Waals surface area contributed by atoms with Gasteiger partial charge in [-0.2, -0.15) is 0 Å². The highest BCUT2D eigenvalue weighted by molar-refractivity contribution is 5.74. The first-order chi connectivity index (χ1) is 9.78. The lowest BCUT2D eigenvalue weighted by Crippen LogP contribution is -2.50. The van der Waals surface area contributed by atoms with Crippen LogP contribution in [0.15, 0.2) is 18.2 Å². The number of nitrogen functional groups attached to an aromatic ring is 1. The van der Waals surface area contributed by atoms with Gasteiger partial charge in [-0.05, 0) is 32.9 Å². The number of piperazine rings is 1. The Morgan fingerprint density at radius 1 is 1.24 bits per heavy atom. The number of carbonyl (C=O) groups excluding carboxylic acids is 1. The molecule has 0 aromatic heterocycles. The van der Waals surface area contributed by atoms with Crippen molar-refractivity contribution in [2.24, 2.45) is 0 Å². The van der Waals surface area contributed by atoms with Gasteiger partial charge in [-0.3, -0.25) is 0 Å². The molecule has 116 valence electrons. The molecule has 0 unspecified atom stereocenters. The molecule has 0 saturated carbocycles. The maximum absolute atomic E-state index is 12.0. The van der Waals surface area contributed by atoms with Crippen LogP contribution in [0.5, 0.6) is 5.75 Å². The zero-order valence-electron chi connectivity index (χ0n) is 12.8. The molecule has 0 spiro atoms. The molecule has 1 heterocycles. The van der Waals surface area contributed by atoms with Crippen LogP contribution in [0.1, 0.15) is 20.8 Å². The summed E-state index contributed by atoms with van der Waals surface area (Å²) in [6.07, 6.45) is -0.286. The second-order valence-electron chi connectivity index (χ2n) is 6.16. The summed E-state index contributed by atoms with van der Waals surface area (Å²) in [5.41, 5.74) is 6.59. The molecule has 1 aliphatic rings. The van der Waals surface area contributed by atoms with Gasteiger partial charge in [-0.25, -0.2) is 4.79 Å². The molecule has 1 amide bonds. The monoisotopic (exact) mass is 293 g/mol. The minimum absolute atomic E-state index is 0.0853. The molecule has 3 N–H and O–H groups in total. The first kappa shape index (κ1) is 15.3. The number of phenolic OH excluding ortho intramolecular Hbond substituents is 1. The third kappa shape index (κ3) is 3.71. The van der Waals surface area contributed by atoms with Crippen molar-refractivity contribution in [1.82, 2.24) is 4.90 Å². The van der Waals surface area contributed by atoms with Gasteiger partial charge in [0.2, 0.25) is 0 Å². The normalized spacial score (nSPS) is 16.0. The van der Waals surface area contributed by atoms with E-state index in [1.807, 2.05) is 26.8 Å². The Morgan fingerprint density at radius 2 is 1.86 bits per heavy atom. The first-order valence-electron chi connectivity index (χ1n) is 7.08. The van der Waals surface area contributed by atoms with Crippen molar-refractivity contribution >= 4 is 17.5 Å². The molecule has 0 radical (unpaired) electrons. The van der Waals surface area contributed by atoms with Gasteiger partial charge in [-0.15, -0.1) is 0 Å². The van der Waals surface area contributed by atoms with Gasteiger partial charge in [0.15, 0.2) is 0 Å². The van der Waals surface area contributed by atoms with Crippen molar-refractivity contribution in [3.05, 3.63) is 18.2 Å². The SMILES string of the molecule is CC(C)(C)OC(=O)N1CCN(c2cccc(O)c2N)CC1. The third-order valence-corrected chi connectivity index (χ3v) is 3.33. The fraction of sp³-hybridized carbons (Fsp3) is 0.533. The Bertz CT molecular complexity index is 517. The summed E-state index contributed by atoms with van der Waals surface area (Å²) >= 11 is 0. The molecule has 0 bridgehead atoms. The lowest BCUT2D eigenvalue weighted by Gasteiger charge is -2.37.